The molecule has 2 N–H and O–H groups in total. The van der Waals surface area contributed by atoms with Crippen LogP contribution in [0.4, 0.5) is 5.82 Å². The molecular formula is C12H16IN5S. The molecular weight excluding hydrogens is 373 g/mol. The van der Waals surface area contributed by atoms with E-state index >= 15 is 0 Å². The molecule has 3 heterocycles. The summed E-state index contributed by atoms with van der Waals surface area (Å²) in [5, 5.41) is 8.12. The van der Waals surface area contributed by atoms with Crippen LogP contribution in [0.3, 0.4) is 0 Å². The molecule has 1 aliphatic rings. The van der Waals surface area contributed by atoms with Crippen LogP contribution in [0.1, 0.15) is 19.3 Å². The molecule has 1 atom stereocenters. The minimum atomic E-state index is 0.455. The molecule has 0 saturated carbocycles. The second kappa shape index (κ2) is 6.27. The fourth-order valence-electron chi connectivity index (χ4n) is 2.43. The van der Waals surface area contributed by atoms with E-state index in [1.54, 1.807) is 15.4 Å². The summed E-state index contributed by atoms with van der Waals surface area (Å²) in [5.41, 5.74) is 0.971. The van der Waals surface area contributed by atoms with Crippen LogP contribution < -0.4 is 10.6 Å². The maximum absolute atomic E-state index is 4.40. The zero-order chi connectivity index (χ0) is 13.1. The Labute approximate surface area is 128 Å². The first kappa shape index (κ1) is 13.4. The fourth-order valence-corrected chi connectivity index (χ4v) is 3.71. The highest BCUT2D eigenvalue weighted by molar-refractivity contribution is 14.2. The number of fused-ring (bicyclic) bond motifs is 1. The predicted octanol–water partition coefficient (Wildman–Crippen LogP) is 2.83. The molecule has 3 rings (SSSR count). The fraction of sp³-hybridized carbons (Fsp3) is 0.500. The average Bonchev–Trinajstić information content (AvgIpc) is 2.69. The molecule has 0 amide bonds. The summed E-state index contributed by atoms with van der Waals surface area (Å²) in [6, 6.07) is 2.53. The molecule has 19 heavy (non-hydrogen) atoms. The highest BCUT2D eigenvalue weighted by Crippen LogP contribution is 2.27. The molecule has 1 fully saturated rings. The van der Waals surface area contributed by atoms with E-state index in [0.717, 1.165) is 29.9 Å². The van der Waals surface area contributed by atoms with Gasteiger partial charge >= 0.3 is 0 Å². The first-order valence-corrected chi connectivity index (χ1v) is 9.78. The largest absolute Gasteiger partial charge is 0.365 e. The second-order valence-corrected chi connectivity index (χ2v) is 6.42. The van der Waals surface area contributed by atoms with Crippen molar-refractivity contribution >= 4 is 47.2 Å². The quantitative estimate of drug-likeness (QED) is 0.791. The number of nitrogens with zero attached hydrogens (tertiary/aromatic N) is 3. The van der Waals surface area contributed by atoms with Crippen molar-refractivity contribution in [2.75, 3.05) is 18.4 Å². The van der Waals surface area contributed by atoms with Gasteiger partial charge in [-0.2, -0.15) is 0 Å². The summed E-state index contributed by atoms with van der Waals surface area (Å²) in [4.78, 5) is 8.76. The third-order valence-electron chi connectivity index (χ3n) is 3.41. The molecule has 2 aromatic heterocycles. The molecule has 0 aromatic carbocycles. The van der Waals surface area contributed by atoms with Crippen molar-refractivity contribution < 1.29 is 0 Å². The topological polar surface area (TPSA) is 54.8 Å². The summed E-state index contributed by atoms with van der Waals surface area (Å²) < 4.78 is 2.05. The maximum Gasteiger partial charge on any atom is 0.156 e. The van der Waals surface area contributed by atoms with E-state index in [9.17, 15) is 0 Å². The molecule has 0 aliphatic carbocycles. The van der Waals surface area contributed by atoms with Gasteiger partial charge in [-0.3, -0.25) is 3.97 Å². The number of halogens is 1. The van der Waals surface area contributed by atoms with E-state index in [1.807, 2.05) is 10.2 Å². The Morgan fingerprint density at radius 1 is 1.42 bits per heavy atom. The van der Waals surface area contributed by atoms with Crippen LogP contribution in [-0.4, -0.2) is 33.1 Å². The minimum absolute atomic E-state index is 0.455. The smallest absolute Gasteiger partial charge is 0.156 e. The SMILES string of the molecule is ISn1ccc2c(NC3CCCCNC3)ncnc21. The zero-order valence-corrected chi connectivity index (χ0v) is 13.4. The Hall–Kier alpha value is -0.540. The lowest BCUT2D eigenvalue weighted by Gasteiger charge is -2.17. The molecule has 5 nitrogen and oxygen atoms in total. The molecule has 0 spiro atoms. The Bertz CT molecular complexity index is 550. The van der Waals surface area contributed by atoms with Crippen LogP contribution in [0.15, 0.2) is 18.6 Å². The Balaban J connectivity index is 1.85. The van der Waals surface area contributed by atoms with Gasteiger partial charge in [-0.25, -0.2) is 9.97 Å². The first-order chi connectivity index (χ1) is 9.38. The number of hydrogen-bond acceptors (Lipinski definition) is 5. The third kappa shape index (κ3) is 2.97. The maximum atomic E-state index is 4.40. The predicted molar refractivity (Wildman–Crippen MR) is 88.7 cm³/mol. The molecule has 1 unspecified atom stereocenters. The van der Waals surface area contributed by atoms with Crippen molar-refractivity contribution in [3.8, 4) is 0 Å². The van der Waals surface area contributed by atoms with Crippen LogP contribution in [0.5, 0.6) is 0 Å². The molecule has 2 aromatic rings. The molecule has 1 saturated heterocycles. The van der Waals surface area contributed by atoms with Crippen LogP contribution in [0.25, 0.3) is 11.0 Å². The van der Waals surface area contributed by atoms with Gasteiger partial charge in [-0.1, -0.05) is 6.42 Å². The van der Waals surface area contributed by atoms with Crippen molar-refractivity contribution in [1.29, 1.82) is 0 Å². The summed E-state index contributed by atoms with van der Waals surface area (Å²) in [6.45, 7) is 2.13. The van der Waals surface area contributed by atoms with Gasteiger partial charge in [0.15, 0.2) is 5.65 Å². The van der Waals surface area contributed by atoms with Crippen LogP contribution >= 0.6 is 30.3 Å². The van der Waals surface area contributed by atoms with Crippen molar-refractivity contribution in [3.63, 3.8) is 0 Å². The number of aromatic nitrogens is 3. The Kier molecular flexibility index (Phi) is 4.44. The lowest BCUT2D eigenvalue weighted by atomic mass is 10.1. The number of rotatable bonds is 3. The van der Waals surface area contributed by atoms with E-state index in [-0.39, 0.29) is 0 Å². The van der Waals surface area contributed by atoms with Crippen molar-refractivity contribution in [1.82, 2.24) is 19.3 Å². The van der Waals surface area contributed by atoms with Gasteiger partial charge in [-0.15, -0.1) is 0 Å². The average molecular weight is 389 g/mol. The lowest BCUT2D eigenvalue weighted by molar-refractivity contribution is 0.634. The second-order valence-electron chi connectivity index (χ2n) is 4.71. The van der Waals surface area contributed by atoms with E-state index in [0.29, 0.717) is 6.04 Å². The summed E-state index contributed by atoms with van der Waals surface area (Å²) >= 11 is 2.26. The van der Waals surface area contributed by atoms with E-state index < -0.39 is 0 Å². The Morgan fingerprint density at radius 3 is 3.26 bits per heavy atom. The van der Waals surface area contributed by atoms with Crippen LogP contribution in [-0.2, 0) is 0 Å². The van der Waals surface area contributed by atoms with Gasteiger partial charge < -0.3 is 10.6 Å². The van der Waals surface area contributed by atoms with Gasteiger partial charge in [0, 0.05) is 49.1 Å². The minimum Gasteiger partial charge on any atom is -0.365 e. The third-order valence-corrected chi connectivity index (χ3v) is 5.13. The van der Waals surface area contributed by atoms with Gasteiger partial charge in [-0.05, 0) is 25.5 Å². The van der Waals surface area contributed by atoms with E-state index in [2.05, 4.69) is 47.9 Å². The lowest BCUT2D eigenvalue weighted by Crippen LogP contribution is -2.31. The van der Waals surface area contributed by atoms with Crippen molar-refractivity contribution in [2.24, 2.45) is 0 Å². The number of anilines is 1. The highest BCUT2D eigenvalue weighted by Gasteiger charge is 2.15. The summed E-state index contributed by atoms with van der Waals surface area (Å²) in [7, 11) is 1.62. The van der Waals surface area contributed by atoms with Gasteiger partial charge in [0.2, 0.25) is 0 Å². The summed E-state index contributed by atoms with van der Waals surface area (Å²) in [5.74, 6) is 0.947. The first-order valence-electron chi connectivity index (χ1n) is 6.47. The van der Waals surface area contributed by atoms with E-state index in [4.69, 9.17) is 0 Å². The number of hydrogen-bond donors (Lipinski definition) is 2. The molecule has 1 aliphatic heterocycles. The number of nitrogens with one attached hydrogen (secondary N) is 2. The molecule has 0 bridgehead atoms. The van der Waals surface area contributed by atoms with Crippen LogP contribution in [0.2, 0.25) is 0 Å². The van der Waals surface area contributed by atoms with E-state index in [1.165, 1.54) is 19.3 Å². The molecule has 7 heteroatoms. The normalized spacial score (nSPS) is 20.4. The van der Waals surface area contributed by atoms with Gasteiger partial charge in [0.1, 0.15) is 12.1 Å². The standard InChI is InChI=1S/C12H16IN5S/c13-19-18-6-4-10-11(15-8-16-12(10)18)17-9-3-1-2-5-14-7-9/h4,6,8-9,14H,1-3,5,7H2,(H,15,16,17). The molecule has 0 radical (unpaired) electrons. The van der Waals surface area contributed by atoms with Crippen molar-refractivity contribution in [2.45, 2.75) is 25.3 Å². The Morgan fingerprint density at radius 2 is 2.37 bits per heavy atom. The highest BCUT2D eigenvalue weighted by atomic mass is 127. The van der Waals surface area contributed by atoms with Gasteiger partial charge in [0.25, 0.3) is 0 Å². The zero-order valence-electron chi connectivity index (χ0n) is 10.5. The summed E-state index contributed by atoms with van der Waals surface area (Å²) in [6.07, 6.45) is 7.40. The van der Waals surface area contributed by atoms with Gasteiger partial charge in [0.05, 0.1) is 5.39 Å². The van der Waals surface area contributed by atoms with Crippen molar-refractivity contribution in [3.05, 3.63) is 18.6 Å². The molecule has 102 valence electrons. The van der Waals surface area contributed by atoms with Crippen LogP contribution in [0, 0.1) is 0 Å². The monoisotopic (exact) mass is 389 g/mol.